The fourth-order valence-electron chi connectivity index (χ4n) is 2.02. The van der Waals surface area contributed by atoms with Gasteiger partial charge in [0.25, 0.3) is 0 Å². The summed E-state index contributed by atoms with van der Waals surface area (Å²) in [4.78, 5) is 2.26. The molecule has 1 fully saturated rings. The second-order valence-electron chi connectivity index (χ2n) is 4.08. The monoisotopic (exact) mass is 255 g/mol. The Balaban J connectivity index is 0.00000144. The zero-order valence-electron chi connectivity index (χ0n) is 9.52. The van der Waals surface area contributed by atoms with E-state index in [0.717, 1.165) is 25.2 Å². The van der Waals surface area contributed by atoms with Crippen LogP contribution in [-0.4, -0.2) is 25.1 Å². The number of nitrogen functional groups attached to an aromatic ring is 1. The highest BCUT2D eigenvalue weighted by Crippen LogP contribution is 2.21. The van der Waals surface area contributed by atoms with Crippen LogP contribution >= 0.6 is 12.4 Å². The van der Waals surface area contributed by atoms with Gasteiger partial charge in [0, 0.05) is 30.5 Å². The van der Waals surface area contributed by atoms with E-state index in [1.165, 1.54) is 5.69 Å². The molecule has 0 aromatic heterocycles. The Morgan fingerprint density at radius 2 is 2.00 bits per heavy atom. The van der Waals surface area contributed by atoms with Gasteiger partial charge < -0.3 is 21.7 Å². The summed E-state index contributed by atoms with van der Waals surface area (Å²) in [5.41, 5.74) is 12.9. The molecule has 1 aromatic carbocycles. The lowest BCUT2D eigenvalue weighted by Gasteiger charge is -2.19. The molecule has 0 spiro atoms. The van der Waals surface area contributed by atoms with Crippen molar-refractivity contribution in [2.24, 2.45) is 5.73 Å². The van der Waals surface area contributed by atoms with Crippen LogP contribution in [0.25, 0.3) is 0 Å². The minimum absolute atomic E-state index is 0. The maximum Gasteiger partial charge on any atom is 0.185 e. The molecule has 1 aliphatic rings. The van der Waals surface area contributed by atoms with Crippen LogP contribution in [-0.2, 0) is 0 Å². The maximum absolute atomic E-state index is 7.19. The summed E-state index contributed by atoms with van der Waals surface area (Å²) in [7, 11) is 0. The third kappa shape index (κ3) is 3.42. The Morgan fingerprint density at radius 1 is 1.35 bits per heavy atom. The van der Waals surface area contributed by atoms with E-state index in [4.69, 9.17) is 16.9 Å². The van der Waals surface area contributed by atoms with E-state index < -0.39 is 0 Å². The highest BCUT2D eigenvalue weighted by atomic mass is 35.5. The van der Waals surface area contributed by atoms with Gasteiger partial charge in [0.05, 0.1) is 0 Å². The number of rotatable bonds is 2. The van der Waals surface area contributed by atoms with Crippen molar-refractivity contribution in [2.75, 3.05) is 23.7 Å². The summed E-state index contributed by atoms with van der Waals surface area (Å²) in [5.74, 6) is 0.0455. The highest BCUT2D eigenvalue weighted by molar-refractivity contribution is 5.85. The summed E-state index contributed by atoms with van der Waals surface area (Å²) >= 11 is 0. The third-order valence-corrected chi connectivity index (χ3v) is 2.81. The smallest absolute Gasteiger partial charge is 0.185 e. The molecule has 94 valence electrons. The Hall–Kier alpha value is -1.62. The van der Waals surface area contributed by atoms with Crippen molar-refractivity contribution in [3.05, 3.63) is 24.3 Å². The molecule has 5 nitrogen and oxygen atoms in total. The number of nitrogens with two attached hydrogens (primary N) is 2. The van der Waals surface area contributed by atoms with Crippen LogP contribution < -0.4 is 21.7 Å². The van der Waals surface area contributed by atoms with E-state index in [-0.39, 0.29) is 24.4 Å². The molecule has 1 atom stereocenters. The topological polar surface area (TPSA) is 91.2 Å². The van der Waals surface area contributed by atoms with Crippen molar-refractivity contribution in [3.63, 3.8) is 0 Å². The van der Waals surface area contributed by atoms with E-state index in [1.807, 2.05) is 24.3 Å². The molecule has 1 heterocycles. The minimum atomic E-state index is 0. The van der Waals surface area contributed by atoms with Crippen molar-refractivity contribution in [2.45, 2.75) is 12.5 Å². The number of nitrogens with one attached hydrogen (secondary N) is 2. The molecule has 1 aromatic rings. The number of halogens is 1. The quantitative estimate of drug-likeness (QED) is 0.357. The Labute approximate surface area is 107 Å². The summed E-state index contributed by atoms with van der Waals surface area (Å²) in [5, 5.41) is 10.1. The molecule has 2 rings (SSSR count). The molecule has 1 saturated heterocycles. The molecule has 0 bridgehead atoms. The average Bonchev–Trinajstić information content (AvgIpc) is 2.66. The Kier molecular flexibility index (Phi) is 4.45. The number of anilines is 2. The lowest BCUT2D eigenvalue weighted by Crippen LogP contribution is -2.40. The number of hydrogen-bond acceptors (Lipinski definition) is 3. The van der Waals surface area contributed by atoms with Crippen molar-refractivity contribution >= 4 is 29.7 Å². The average molecular weight is 256 g/mol. The van der Waals surface area contributed by atoms with Crippen molar-refractivity contribution in [1.29, 1.82) is 5.41 Å². The first-order valence-electron chi connectivity index (χ1n) is 5.36. The molecular formula is C11H18ClN5. The molecule has 1 aliphatic heterocycles. The zero-order valence-corrected chi connectivity index (χ0v) is 10.3. The molecule has 0 saturated carbocycles. The molecule has 6 heteroatoms. The molecule has 17 heavy (non-hydrogen) atoms. The summed E-state index contributed by atoms with van der Waals surface area (Å²) in [6.45, 7) is 1.86. The fourth-order valence-corrected chi connectivity index (χ4v) is 2.02. The number of hydrogen-bond donors (Lipinski definition) is 4. The van der Waals surface area contributed by atoms with Gasteiger partial charge in [0.2, 0.25) is 0 Å². The SMILES string of the molecule is Cl.N=C(N)NC1CCN(c2ccc(N)cc2)C1. The summed E-state index contributed by atoms with van der Waals surface area (Å²) in [6, 6.07) is 8.12. The molecule has 0 amide bonds. The van der Waals surface area contributed by atoms with Crippen molar-refractivity contribution in [3.8, 4) is 0 Å². The van der Waals surface area contributed by atoms with Gasteiger partial charge in [-0.2, -0.15) is 0 Å². The van der Waals surface area contributed by atoms with Crippen LogP contribution in [0.5, 0.6) is 0 Å². The van der Waals surface area contributed by atoms with Crippen LogP contribution in [0.4, 0.5) is 11.4 Å². The van der Waals surface area contributed by atoms with E-state index in [0.29, 0.717) is 0 Å². The first-order chi connectivity index (χ1) is 7.65. The Bertz CT molecular complexity index is 378. The maximum atomic E-state index is 7.19. The van der Waals surface area contributed by atoms with Crippen LogP contribution in [0.3, 0.4) is 0 Å². The van der Waals surface area contributed by atoms with E-state index in [1.54, 1.807) is 0 Å². The third-order valence-electron chi connectivity index (χ3n) is 2.81. The van der Waals surface area contributed by atoms with E-state index in [9.17, 15) is 0 Å². The zero-order chi connectivity index (χ0) is 11.5. The van der Waals surface area contributed by atoms with Gasteiger partial charge in [-0.3, -0.25) is 5.41 Å². The van der Waals surface area contributed by atoms with Crippen LogP contribution in [0, 0.1) is 5.41 Å². The van der Waals surface area contributed by atoms with Gasteiger partial charge >= 0.3 is 0 Å². The lowest BCUT2D eigenvalue weighted by molar-refractivity contribution is 0.664. The molecule has 1 unspecified atom stereocenters. The Morgan fingerprint density at radius 3 is 2.59 bits per heavy atom. The molecular weight excluding hydrogens is 238 g/mol. The van der Waals surface area contributed by atoms with E-state index >= 15 is 0 Å². The first kappa shape index (κ1) is 13.4. The number of benzene rings is 1. The van der Waals surface area contributed by atoms with Gasteiger partial charge in [-0.25, -0.2) is 0 Å². The fraction of sp³-hybridized carbons (Fsp3) is 0.364. The first-order valence-corrected chi connectivity index (χ1v) is 5.36. The predicted octanol–water partition coefficient (Wildman–Crippen LogP) is 0.752. The molecule has 0 aliphatic carbocycles. The predicted molar refractivity (Wildman–Crippen MR) is 73.8 cm³/mol. The largest absolute Gasteiger partial charge is 0.399 e. The second kappa shape index (κ2) is 5.63. The highest BCUT2D eigenvalue weighted by Gasteiger charge is 2.22. The van der Waals surface area contributed by atoms with Crippen LogP contribution in [0.15, 0.2) is 24.3 Å². The van der Waals surface area contributed by atoms with Crippen molar-refractivity contribution < 1.29 is 0 Å². The van der Waals surface area contributed by atoms with Gasteiger partial charge in [0.15, 0.2) is 5.96 Å². The summed E-state index contributed by atoms with van der Waals surface area (Å²) in [6.07, 6.45) is 1.00. The minimum Gasteiger partial charge on any atom is -0.399 e. The van der Waals surface area contributed by atoms with Gasteiger partial charge in [-0.1, -0.05) is 0 Å². The standard InChI is InChI=1S/C11H17N5.ClH/c12-8-1-3-10(4-2-8)16-6-5-9(7-16)15-11(13)14;/h1-4,9H,5-7,12H2,(H4,13,14,15);1H. The van der Waals surface area contributed by atoms with Gasteiger partial charge in [-0.05, 0) is 30.7 Å². The normalized spacial score (nSPS) is 18.6. The van der Waals surface area contributed by atoms with Crippen molar-refractivity contribution in [1.82, 2.24) is 5.32 Å². The van der Waals surface area contributed by atoms with Gasteiger partial charge in [-0.15, -0.1) is 12.4 Å². The van der Waals surface area contributed by atoms with Crippen LogP contribution in [0.2, 0.25) is 0 Å². The second-order valence-corrected chi connectivity index (χ2v) is 4.08. The molecule has 6 N–H and O–H groups in total. The number of guanidine groups is 1. The van der Waals surface area contributed by atoms with Gasteiger partial charge in [0.1, 0.15) is 0 Å². The van der Waals surface area contributed by atoms with E-state index in [2.05, 4.69) is 10.2 Å². The lowest BCUT2D eigenvalue weighted by atomic mass is 10.2. The molecule has 0 radical (unpaired) electrons. The summed E-state index contributed by atoms with van der Waals surface area (Å²) < 4.78 is 0. The van der Waals surface area contributed by atoms with Crippen LogP contribution in [0.1, 0.15) is 6.42 Å². The number of nitrogens with zero attached hydrogens (tertiary/aromatic N) is 1.